The summed E-state index contributed by atoms with van der Waals surface area (Å²) >= 11 is 0. The number of nitrogens with zero attached hydrogens (tertiary/aromatic N) is 1. The molecule has 0 aromatic rings. The molecule has 0 aromatic heterocycles. The van der Waals surface area contributed by atoms with E-state index in [4.69, 9.17) is 23.8 Å². The summed E-state index contributed by atoms with van der Waals surface area (Å²) in [5, 5.41) is 8.40. The number of ether oxygens (including phenoxy) is 4. The van der Waals surface area contributed by atoms with Crippen LogP contribution in [0.3, 0.4) is 0 Å². The van der Waals surface area contributed by atoms with Crippen LogP contribution >= 0.6 is 0 Å². The minimum absolute atomic E-state index is 0.0233. The maximum absolute atomic E-state index is 12.8. The number of rotatable bonds is 29. The van der Waals surface area contributed by atoms with Crippen molar-refractivity contribution in [3.63, 3.8) is 0 Å². The molecule has 0 saturated carbocycles. The highest BCUT2D eigenvalue weighted by Gasteiger charge is 2.35. The molecule has 1 rings (SSSR count). The summed E-state index contributed by atoms with van der Waals surface area (Å²) < 4.78 is 21.7. The van der Waals surface area contributed by atoms with Gasteiger partial charge in [0.1, 0.15) is 17.2 Å². The van der Waals surface area contributed by atoms with Crippen molar-refractivity contribution in [2.24, 2.45) is 0 Å². The average molecular weight is 799 g/mol. The van der Waals surface area contributed by atoms with E-state index in [-0.39, 0.29) is 56.3 Å². The van der Waals surface area contributed by atoms with Crippen LogP contribution in [0.1, 0.15) is 144 Å². The lowest BCUT2D eigenvalue weighted by molar-refractivity contribution is -0.199. The van der Waals surface area contributed by atoms with Crippen molar-refractivity contribution >= 4 is 47.4 Å². The molecule has 17 nitrogen and oxygen atoms in total. The molecule has 0 bridgehead atoms. The van der Waals surface area contributed by atoms with Crippen LogP contribution < -0.4 is 16.0 Å². The first-order chi connectivity index (χ1) is 26.4. The number of unbranched alkanes of at least 4 members (excludes halogenated alkanes) is 4. The van der Waals surface area contributed by atoms with Crippen molar-refractivity contribution in [2.75, 3.05) is 39.5 Å². The van der Waals surface area contributed by atoms with Crippen molar-refractivity contribution in [3.05, 3.63) is 0 Å². The second-order valence-electron chi connectivity index (χ2n) is 15.6. The molecule has 3 N–H and O–H groups in total. The van der Waals surface area contributed by atoms with Crippen LogP contribution in [-0.4, -0.2) is 109 Å². The summed E-state index contributed by atoms with van der Waals surface area (Å²) in [6, 6.07) is -1.36. The van der Waals surface area contributed by atoms with Gasteiger partial charge in [-0.15, -0.1) is 5.06 Å². The molecule has 1 saturated heterocycles. The molecule has 1 unspecified atom stereocenters. The Morgan fingerprint density at radius 2 is 1.02 bits per heavy atom. The summed E-state index contributed by atoms with van der Waals surface area (Å²) in [5.41, 5.74) is -1.23. The van der Waals surface area contributed by atoms with Gasteiger partial charge in [0.25, 0.3) is 11.8 Å². The van der Waals surface area contributed by atoms with Gasteiger partial charge < -0.3 is 39.7 Å². The molecule has 1 heterocycles. The van der Waals surface area contributed by atoms with E-state index in [0.717, 1.165) is 44.9 Å². The smallest absolute Gasteiger partial charge is 0.355 e. The van der Waals surface area contributed by atoms with E-state index in [0.29, 0.717) is 63.8 Å². The fraction of sp³-hybridized carbons (Fsp3) is 0.795. The fourth-order valence-corrected chi connectivity index (χ4v) is 5.10. The van der Waals surface area contributed by atoms with E-state index < -0.39 is 46.9 Å². The molecule has 1 aliphatic rings. The Hall–Kier alpha value is -4.12. The molecule has 17 heteroatoms. The predicted molar refractivity (Wildman–Crippen MR) is 203 cm³/mol. The maximum atomic E-state index is 12.8. The zero-order chi connectivity index (χ0) is 42.0. The Balaban J connectivity index is 2.09. The highest BCUT2D eigenvalue weighted by molar-refractivity contribution is 6.02. The summed E-state index contributed by atoms with van der Waals surface area (Å²) in [6.45, 7) is 13.6. The van der Waals surface area contributed by atoms with Gasteiger partial charge >= 0.3 is 17.9 Å². The molecule has 5 amide bonds. The highest BCUT2D eigenvalue weighted by Crippen LogP contribution is 2.16. The number of hydroxylamine groups is 2. The summed E-state index contributed by atoms with van der Waals surface area (Å²) in [5.74, 6) is -4.26. The van der Waals surface area contributed by atoms with Crippen LogP contribution in [0.25, 0.3) is 0 Å². The lowest BCUT2D eigenvalue weighted by Gasteiger charge is -2.22. The largest absolute Gasteiger partial charge is 0.460 e. The van der Waals surface area contributed by atoms with Gasteiger partial charge in [0.05, 0.1) is 0 Å². The average Bonchev–Trinajstić information content (AvgIpc) is 3.41. The number of esters is 2. The molecule has 0 radical (unpaired) electrons. The monoisotopic (exact) mass is 798 g/mol. The molecule has 1 aliphatic heterocycles. The van der Waals surface area contributed by atoms with Crippen molar-refractivity contribution in [3.8, 4) is 0 Å². The Morgan fingerprint density at radius 3 is 1.54 bits per heavy atom. The van der Waals surface area contributed by atoms with Crippen LogP contribution in [-0.2, 0) is 62.1 Å². The molecule has 0 aromatic carbocycles. The summed E-state index contributed by atoms with van der Waals surface area (Å²) in [7, 11) is 0. The lowest BCUT2D eigenvalue weighted by Crippen LogP contribution is -2.46. The predicted octanol–water partition coefficient (Wildman–Crippen LogP) is 3.49. The third-order valence-electron chi connectivity index (χ3n) is 7.80. The van der Waals surface area contributed by atoms with Crippen LogP contribution in [0.15, 0.2) is 0 Å². The molecule has 320 valence electrons. The molecule has 1 atom stereocenters. The Labute approximate surface area is 331 Å². The van der Waals surface area contributed by atoms with Gasteiger partial charge in [0.15, 0.2) is 0 Å². The van der Waals surface area contributed by atoms with E-state index in [1.165, 1.54) is 0 Å². The molecule has 1 fully saturated rings. The third kappa shape index (κ3) is 26.6. The van der Waals surface area contributed by atoms with Crippen LogP contribution in [0.2, 0.25) is 0 Å². The van der Waals surface area contributed by atoms with Crippen LogP contribution in [0.4, 0.5) is 0 Å². The SMILES string of the molecule is CC(C)(C)OC(=O)CCCCCCC(=O)NCCCOCCCCOCCCNC(=O)CCC(=O)NC(CCC(=O)OC(C)(C)C)C(=O)ON1C(=O)CCC1=O. The van der Waals surface area contributed by atoms with Gasteiger partial charge in [-0.3, -0.25) is 33.6 Å². The first-order valence-electron chi connectivity index (χ1n) is 19.9. The quantitative estimate of drug-likeness (QED) is 0.0561. The number of hydrogen-bond acceptors (Lipinski definition) is 13. The minimum atomic E-state index is -1.36. The fourth-order valence-electron chi connectivity index (χ4n) is 5.10. The Morgan fingerprint density at radius 1 is 0.571 bits per heavy atom. The number of carbonyl (C=O) groups is 8. The second kappa shape index (κ2) is 27.5. The zero-order valence-electron chi connectivity index (χ0n) is 34.4. The summed E-state index contributed by atoms with van der Waals surface area (Å²) in [4.78, 5) is 102. The van der Waals surface area contributed by atoms with Gasteiger partial charge in [0.2, 0.25) is 17.7 Å². The first-order valence-corrected chi connectivity index (χ1v) is 19.9. The number of carbonyl (C=O) groups excluding carboxylic acids is 8. The normalized spacial score (nSPS) is 13.6. The molecule has 0 aliphatic carbocycles. The second-order valence-corrected chi connectivity index (χ2v) is 15.6. The van der Waals surface area contributed by atoms with E-state index in [2.05, 4.69) is 16.0 Å². The van der Waals surface area contributed by atoms with Crippen LogP contribution in [0.5, 0.6) is 0 Å². The number of amides is 5. The maximum Gasteiger partial charge on any atom is 0.355 e. The molecule has 56 heavy (non-hydrogen) atoms. The van der Waals surface area contributed by atoms with Gasteiger partial charge in [0, 0.05) is 84.5 Å². The van der Waals surface area contributed by atoms with E-state index >= 15 is 0 Å². The third-order valence-corrected chi connectivity index (χ3v) is 7.80. The van der Waals surface area contributed by atoms with Crippen molar-refractivity contribution in [1.29, 1.82) is 0 Å². The van der Waals surface area contributed by atoms with E-state index in [1.54, 1.807) is 20.8 Å². The Kier molecular flexibility index (Phi) is 24.5. The van der Waals surface area contributed by atoms with Gasteiger partial charge in [-0.25, -0.2) is 4.79 Å². The summed E-state index contributed by atoms with van der Waals surface area (Å²) in [6.07, 6.45) is 6.07. The lowest BCUT2D eigenvalue weighted by atomic mass is 10.1. The highest BCUT2D eigenvalue weighted by atomic mass is 16.7. The number of nitrogens with one attached hydrogen (secondary N) is 3. The van der Waals surface area contributed by atoms with E-state index in [1.807, 2.05) is 20.8 Å². The van der Waals surface area contributed by atoms with Crippen LogP contribution in [0, 0.1) is 0 Å². The number of hydrogen-bond donors (Lipinski definition) is 3. The zero-order valence-corrected chi connectivity index (χ0v) is 34.4. The minimum Gasteiger partial charge on any atom is -0.460 e. The standard InChI is InChI=1S/C39H66N4O13/c1-38(2,3)54-35(49)16-10-8-7-9-15-30(44)40-23-13-27-52-25-11-12-26-53-28-14-24-41-31(45)18-19-32(46)42-29(17-22-36(50)55-39(4,5)6)37(51)56-43-33(47)20-21-34(43)48/h29H,7-28H2,1-6H3,(H,40,44)(H,41,45)(H,42,46). The van der Waals surface area contributed by atoms with Crippen molar-refractivity contribution in [2.45, 2.75) is 162 Å². The molecular weight excluding hydrogens is 732 g/mol. The van der Waals surface area contributed by atoms with Crippen molar-refractivity contribution < 1.29 is 62.1 Å². The van der Waals surface area contributed by atoms with Gasteiger partial charge in [-0.1, -0.05) is 12.8 Å². The molecular formula is C39H66N4O13. The van der Waals surface area contributed by atoms with E-state index in [9.17, 15) is 38.4 Å². The van der Waals surface area contributed by atoms with Crippen molar-refractivity contribution in [1.82, 2.24) is 21.0 Å². The van der Waals surface area contributed by atoms with Gasteiger partial charge in [-0.05, 0) is 86.5 Å². The number of imide groups is 1. The topological polar surface area (TPSA) is 222 Å². The first kappa shape index (κ1) is 49.9. The molecule has 0 spiro atoms. The Bertz CT molecular complexity index is 1260. The van der Waals surface area contributed by atoms with Gasteiger partial charge in [-0.2, -0.15) is 0 Å².